The van der Waals surface area contributed by atoms with Gasteiger partial charge in [0.1, 0.15) is 0 Å². The molecule has 2 unspecified atom stereocenters. The van der Waals surface area contributed by atoms with Crippen molar-refractivity contribution in [2.75, 3.05) is 13.7 Å². The van der Waals surface area contributed by atoms with Crippen molar-refractivity contribution in [1.29, 1.82) is 0 Å². The molecule has 0 aliphatic carbocycles. The highest BCUT2D eigenvalue weighted by Crippen LogP contribution is 2.46. The zero-order chi connectivity index (χ0) is 11.0. The van der Waals surface area contributed by atoms with Crippen molar-refractivity contribution in [1.82, 2.24) is 5.32 Å². The predicted molar refractivity (Wildman–Crippen MR) is 56.0 cm³/mol. The largest absolute Gasteiger partial charge is 0.385 e. The summed E-state index contributed by atoms with van der Waals surface area (Å²) in [5, 5.41) is 3.05. The van der Waals surface area contributed by atoms with Crippen LogP contribution in [0.1, 0.15) is 34.1 Å². The summed E-state index contributed by atoms with van der Waals surface area (Å²) >= 11 is 0. The lowest BCUT2D eigenvalue weighted by atomic mass is 9.67. The molecule has 1 aliphatic heterocycles. The molecule has 1 N–H and O–H groups in total. The number of hydrogen-bond acceptors (Lipinski definition) is 2. The average molecular weight is 199 g/mol. The summed E-state index contributed by atoms with van der Waals surface area (Å²) in [6, 6.07) is 0. The van der Waals surface area contributed by atoms with Crippen LogP contribution in [0.15, 0.2) is 0 Å². The molecule has 0 saturated carbocycles. The molecule has 0 aromatic heterocycles. The van der Waals surface area contributed by atoms with Crippen LogP contribution in [0, 0.1) is 11.3 Å². The van der Waals surface area contributed by atoms with Crippen molar-refractivity contribution >= 4 is 5.91 Å². The molecule has 3 nitrogen and oxygen atoms in total. The lowest BCUT2D eigenvalue weighted by Crippen LogP contribution is -2.46. The van der Waals surface area contributed by atoms with Crippen molar-refractivity contribution in [3.05, 3.63) is 0 Å². The number of methoxy groups -OCH3 is 1. The number of rotatable bonds is 3. The molecule has 3 heteroatoms. The van der Waals surface area contributed by atoms with Gasteiger partial charge in [-0.1, -0.05) is 13.8 Å². The number of carbonyl (C=O) groups is 1. The molecule has 1 fully saturated rings. The molecule has 1 amide bonds. The van der Waals surface area contributed by atoms with Gasteiger partial charge in [0.25, 0.3) is 0 Å². The summed E-state index contributed by atoms with van der Waals surface area (Å²) in [6.07, 6.45) is 0.913. The van der Waals surface area contributed by atoms with Gasteiger partial charge in [-0.2, -0.15) is 0 Å². The number of nitrogens with one attached hydrogen (secondary N) is 1. The fourth-order valence-corrected chi connectivity index (χ4v) is 2.23. The van der Waals surface area contributed by atoms with Gasteiger partial charge in [-0.15, -0.1) is 0 Å². The van der Waals surface area contributed by atoms with Gasteiger partial charge in [-0.05, 0) is 20.3 Å². The summed E-state index contributed by atoms with van der Waals surface area (Å²) in [4.78, 5) is 11.6. The van der Waals surface area contributed by atoms with Gasteiger partial charge in [0.15, 0.2) is 0 Å². The Morgan fingerprint density at radius 2 is 2.00 bits per heavy atom. The Morgan fingerprint density at radius 1 is 1.43 bits per heavy atom. The van der Waals surface area contributed by atoms with Crippen LogP contribution < -0.4 is 5.32 Å². The van der Waals surface area contributed by atoms with Gasteiger partial charge in [-0.25, -0.2) is 0 Å². The Morgan fingerprint density at radius 3 is 2.36 bits per heavy atom. The molecule has 0 spiro atoms. The van der Waals surface area contributed by atoms with E-state index < -0.39 is 0 Å². The third-order valence-electron chi connectivity index (χ3n) is 4.04. The van der Waals surface area contributed by atoms with Gasteiger partial charge in [0.2, 0.25) is 5.91 Å². The minimum Gasteiger partial charge on any atom is -0.385 e. The van der Waals surface area contributed by atoms with Crippen LogP contribution >= 0.6 is 0 Å². The zero-order valence-electron chi connectivity index (χ0n) is 9.81. The monoisotopic (exact) mass is 199 g/mol. The van der Waals surface area contributed by atoms with Gasteiger partial charge >= 0.3 is 0 Å². The second-order valence-corrected chi connectivity index (χ2v) is 5.00. The zero-order valence-corrected chi connectivity index (χ0v) is 9.81. The van der Waals surface area contributed by atoms with E-state index in [9.17, 15) is 4.79 Å². The van der Waals surface area contributed by atoms with E-state index in [4.69, 9.17) is 4.74 Å². The molecule has 0 aromatic carbocycles. The molecule has 0 aromatic rings. The lowest BCUT2D eigenvalue weighted by molar-refractivity contribution is -0.123. The molecule has 14 heavy (non-hydrogen) atoms. The fraction of sp³-hybridized carbons (Fsp3) is 0.909. The van der Waals surface area contributed by atoms with Crippen LogP contribution in [0.3, 0.4) is 0 Å². The summed E-state index contributed by atoms with van der Waals surface area (Å²) in [5.74, 6) is 0.223. The van der Waals surface area contributed by atoms with Gasteiger partial charge in [0.05, 0.1) is 0 Å². The second-order valence-electron chi connectivity index (χ2n) is 5.00. The highest BCUT2D eigenvalue weighted by Gasteiger charge is 2.53. The first kappa shape index (κ1) is 11.5. The van der Waals surface area contributed by atoms with E-state index >= 15 is 0 Å². The van der Waals surface area contributed by atoms with Crippen molar-refractivity contribution in [2.24, 2.45) is 11.3 Å². The average Bonchev–Trinajstić information content (AvgIpc) is 2.24. The molecule has 1 aliphatic rings. The first-order chi connectivity index (χ1) is 6.35. The molecule has 0 radical (unpaired) electrons. The highest BCUT2D eigenvalue weighted by atomic mass is 16.5. The Balaban J connectivity index is 2.87. The highest BCUT2D eigenvalue weighted by molar-refractivity contribution is 5.83. The standard InChI is InChI=1S/C11H21NO2/c1-8-9(13)12-10(2,3)11(8,4)6-7-14-5/h8H,6-7H2,1-5H3,(H,12,13). The van der Waals surface area contributed by atoms with Crippen molar-refractivity contribution in [3.8, 4) is 0 Å². The first-order valence-electron chi connectivity index (χ1n) is 5.16. The van der Waals surface area contributed by atoms with Crippen LogP contribution in [-0.2, 0) is 9.53 Å². The van der Waals surface area contributed by atoms with E-state index in [1.165, 1.54) is 0 Å². The summed E-state index contributed by atoms with van der Waals surface area (Å²) < 4.78 is 5.11. The third-order valence-corrected chi connectivity index (χ3v) is 4.04. The van der Waals surface area contributed by atoms with Gasteiger partial charge < -0.3 is 10.1 Å². The van der Waals surface area contributed by atoms with Crippen molar-refractivity contribution in [2.45, 2.75) is 39.7 Å². The minimum absolute atomic E-state index is 0.0138. The SMILES string of the molecule is COCCC1(C)C(C)C(=O)NC1(C)C. The second kappa shape index (κ2) is 3.54. The summed E-state index contributed by atoms with van der Waals surface area (Å²) in [6.45, 7) is 9.04. The molecule has 2 atom stereocenters. The minimum atomic E-state index is -0.137. The number of hydrogen-bond donors (Lipinski definition) is 1. The van der Waals surface area contributed by atoms with E-state index in [0.717, 1.165) is 6.42 Å². The van der Waals surface area contributed by atoms with Crippen LogP contribution in [0.2, 0.25) is 0 Å². The number of ether oxygens (including phenoxy) is 1. The first-order valence-corrected chi connectivity index (χ1v) is 5.16. The predicted octanol–water partition coefficient (Wildman–Crippen LogP) is 1.57. The topological polar surface area (TPSA) is 38.3 Å². The van der Waals surface area contributed by atoms with E-state index in [2.05, 4.69) is 26.1 Å². The van der Waals surface area contributed by atoms with Crippen molar-refractivity contribution in [3.63, 3.8) is 0 Å². The lowest BCUT2D eigenvalue weighted by Gasteiger charge is -2.39. The molecule has 82 valence electrons. The number of amides is 1. The molecular weight excluding hydrogens is 178 g/mol. The normalized spacial score (nSPS) is 35.8. The van der Waals surface area contributed by atoms with Crippen LogP contribution in [-0.4, -0.2) is 25.2 Å². The van der Waals surface area contributed by atoms with E-state index in [-0.39, 0.29) is 22.8 Å². The Bertz CT molecular complexity index is 237. The maximum Gasteiger partial charge on any atom is 0.223 e. The molecule has 1 saturated heterocycles. The van der Waals surface area contributed by atoms with Crippen LogP contribution in [0.25, 0.3) is 0 Å². The van der Waals surface area contributed by atoms with Gasteiger partial charge in [-0.3, -0.25) is 4.79 Å². The molecule has 1 heterocycles. The van der Waals surface area contributed by atoms with E-state index in [0.29, 0.717) is 6.61 Å². The molecule has 1 rings (SSSR count). The Hall–Kier alpha value is -0.570. The molecule has 0 bridgehead atoms. The Kier molecular flexibility index (Phi) is 2.91. The fourth-order valence-electron chi connectivity index (χ4n) is 2.23. The van der Waals surface area contributed by atoms with Gasteiger partial charge in [0, 0.05) is 30.6 Å². The third kappa shape index (κ3) is 1.54. The van der Waals surface area contributed by atoms with E-state index in [1.807, 2.05) is 6.92 Å². The summed E-state index contributed by atoms with van der Waals surface area (Å²) in [7, 11) is 1.70. The van der Waals surface area contributed by atoms with E-state index in [1.54, 1.807) is 7.11 Å². The van der Waals surface area contributed by atoms with Crippen LogP contribution in [0.4, 0.5) is 0 Å². The quantitative estimate of drug-likeness (QED) is 0.749. The Labute approximate surface area is 86.2 Å². The molecular formula is C11H21NO2. The summed E-state index contributed by atoms with van der Waals surface area (Å²) in [5.41, 5.74) is -0.151. The van der Waals surface area contributed by atoms with Crippen LogP contribution in [0.5, 0.6) is 0 Å². The van der Waals surface area contributed by atoms with Crippen molar-refractivity contribution < 1.29 is 9.53 Å². The number of carbonyl (C=O) groups excluding carboxylic acids is 1. The smallest absolute Gasteiger partial charge is 0.223 e. The maximum atomic E-state index is 11.6. The maximum absolute atomic E-state index is 11.6.